The SMILES string of the molecule is COC(=O)C(C#N)(c1ccc(OC)cc1)C(C#N)(C(=O)OC)c1ccc(OC)cc1. The number of rotatable bonds is 7. The van der Waals surface area contributed by atoms with E-state index in [1.54, 1.807) is 0 Å². The zero-order valence-electron chi connectivity index (χ0n) is 17.0. The monoisotopic (exact) mass is 408 g/mol. The first-order valence-corrected chi connectivity index (χ1v) is 8.70. The van der Waals surface area contributed by atoms with Gasteiger partial charge in [-0.05, 0) is 35.4 Å². The Hall–Kier alpha value is -4.04. The zero-order valence-corrected chi connectivity index (χ0v) is 17.0. The molecule has 154 valence electrons. The van der Waals surface area contributed by atoms with E-state index in [1.165, 1.54) is 62.8 Å². The molecule has 0 radical (unpaired) electrons. The fourth-order valence-corrected chi connectivity index (χ4v) is 3.35. The van der Waals surface area contributed by atoms with Gasteiger partial charge in [0.25, 0.3) is 0 Å². The van der Waals surface area contributed by atoms with Gasteiger partial charge in [-0.2, -0.15) is 10.5 Å². The molecule has 0 N–H and O–H groups in total. The second kappa shape index (κ2) is 8.97. The van der Waals surface area contributed by atoms with E-state index in [0.717, 1.165) is 14.2 Å². The number of nitrogens with zero attached hydrogens (tertiary/aromatic N) is 2. The second-order valence-corrected chi connectivity index (χ2v) is 6.16. The summed E-state index contributed by atoms with van der Waals surface area (Å²) in [7, 11) is 5.06. The first kappa shape index (κ1) is 22.3. The Labute approximate surface area is 174 Å². The molecule has 0 aliphatic rings. The molecule has 0 spiro atoms. The van der Waals surface area contributed by atoms with Crippen molar-refractivity contribution in [2.45, 2.75) is 10.8 Å². The number of methoxy groups -OCH3 is 4. The third-order valence-electron chi connectivity index (χ3n) is 4.93. The molecule has 0 bridgehead atoms. The normalized spacial score (nSPS) is 14.1. The van der Waals surface area contributed by atoms with Gasteiger partial charge in [-0.25, -0.2) is 9.59 Å². The molecule has 0 amide bonds. The van der Waals surface area contributed by atoms with Crippen LogP contribution in [0.5, 0.6) is 11.5 Å². The van der Waals surface area contributed by atoms with Crippen molar-refractivity contribution in [3.63, 3.8) is 0 Å². The zero-order chi connectivity index (χ0) is 22.4. The van der Waals surface area contributed by atoms with Crippen molar-refractivity contribution in [1.82, 2.24) is 0 Å². The molecular formula is C22H20N2O6. The summed E-state index contributed by atoms with van der Waals surface area (Å²) in [5.41, 5.74) is -4.60. The Morgan fingerprint density at radius 3 is 1.17 bits per heavy atom. The molecule has 0 aliphatic heterocycles. The van der Waals surface area contributed by atoms with Crippen LogP contribution in [0.3, 0.4) is 0 Å². The van der Waals surface area contributed by atoms with Gasteiger partial charge in [0.1, 0.15) is 11.5 Å². The predicted molar refractivity (Wildman–Crippen MR) is 105 cm³/mol. The van der Waals surface area contributed by atoms with Gasteiger partial charge in [0.15, 0.2) is 0 Å². The number of nitriles is 2. The summed E-state index contributed by atoms with van der Waals surface area (Å²) in [6.07, 6.45) is 0. The van der Waals surface area contributed by atoms with E-state index in [9.17, 15) is 20.1 Å². The maximum Gasteiger partial charge on any atom is 0.333 e. The van der Waals surface area contributed by atoms with Gasteiger partial charge in [0.05, 0.1) is 40.6 Å². The molecular weight excluding hydrogens is 388 g/mol. The second-order valence-electron chi connectivity index (χ2n) is 6.16. The Bertz CT molecular complexity index is 920. The highest BCUT2D eigenvalue weighted by Crippen LogP contribution is 2.46. The first-order valence-electron chi connectivity index (χ1n) is 8.70. The highest BCUT2D eigenvalue weighted by Gasteiger charge is 2.66. The Morgan fingerprint density at radius 2 is 0.967 bits per heavy atom. The summed E-state index contributed by atoms with van der Waals surface area (Å²) in [6.45, 7) is 0. The van der Waals surface area contributed by atoms with Gasteiger partial charge in [-0.15, -0.1) is 0 Å². The van der Waals surface area contributed by atoms with Crippen LogP contribution >= 0.6 is 0 Å². The van der Waals surface area contributed by atoms with Crippen molar-refractivity contribution >= 4 is 11.9 Å². The van der Waals surface area contributed by atoms with E-state index in [-0.39, 0.29) is 11.1 Å². The maximum atomic E-state index is 13.1. The Morgan fingerprint density at radius 1 is 0.667 bits per heavy atom. The minimum Gasteiger partial charge on any atom is -0.497 e. The Balaban J connectivity index is 2.98. The number of carbonyl (C=O) groups is 2. The number of esters is 2. The standard InChI is InChI=1S/C22H20N2O6/c1-27-17-9-5-15(6-10-17)21(13-23,19(25)29-3)22(14-24,20(26)30-4)16-7-11-18(28-2)12-8-16/h5-12H,1-4H3. The lowest BCUT2D eigenvalue weighted by molar-refractivity contribution is -0.157. The number of ether oxygens (including phenoxy) is 4. The molecule has 8 heteroatoms. The number of carbonyl (C=O) groups excluding carboxylic acids is 2. The van der Waals surface area contributed by atoms with Crippen LogP contribution < -0.4 is 9.47 Å². The molecule has 0 fully saturated rings. The van der Waals surface area contributed by atoms with Crippen LogP contribution in [-0.2, 0) is 29.9 Å². The average Bonchev–Trinajstić information content (AvgIpc) is 2.82. The molecule has 2 aromatic carbocycles. The molecule has 8 nitrogen and oxygen atoms in total. The van der Waals surface area contributed by atoms with Gasteiger partial charge in [-0.1, -0.05) is 24.3 Å². The smallest absolute Gasteiger partial charge is 0.333 e. The van der Waals surface area contributed by atoms with Crippen molar-refractivity contribution in [2.75, 3.05) is 28.4 Å². The van der Waals surface area contributed by atoms with Crippen LogP contribution in [0.1, 0.15) is 11.1 Å². The third-order valence-corrected chi connectivity index (χ3v) is 4.93. The largest absolute Gasteiger partial charge is 0.497 e. The van der Waals surface area contributed by atoms with Gasteiger partial charge in [-0.3, -0.25) is 0 Å². The highest BCUT2D eigenvalue weighted by molar-refractivity contribution is 6.02. The molecule has 0 aromatic heterocycles. The van der Waals surface area contributed by atoms with E-state index < -0.39 is 22.8 Å². The molecule has 2 atom stereocenters. The van der Waals surface area contributed by atoms with Crippen molar-refractivity contribution < 1.29 is 28.5 Å². The van der Waals surface area contributed by atoms with Crippen LogP contribution in [0.25, 0.3) is 0 Å². The van der Waals surface area contributed by atoms with Gasteiger partial charge in [0.2, 0.25) is 10.8 Å². The number of hydrogen-bond acceptors (Lipinski definition) is 8. The van der Waals surface area contributed by atoms with E-state index in [1.807, 2.05) is 12.1 Å². The van der Waals surface area contributed by atoms with E-state index in [0.29, 0.717) is 11.5 Å². The van der Waals surface area contributed by atoms with Gasteiger partial charge >= 0.3 is 11.9 Å². The maximum absolute atomic E-state index is 13.1. The average molecular weight is 408 g/mol. The van der Waals surface area contributed by atoms with Crippen LogP contribution in [0.15, 0.2) is 48.5 Å². The number of benzene rings is 2. The van der Waals surface area contributed by atoms with Crippen molar-refractivity contribution in [3.8, 4) is 23.6 Å². The van der Waals surface area contributed by atoms with Gasteiger partial charge in [0, 0.05) is 0 Å². The summed E-state index contributed by atoms with van der Waals surface area (Å²) in [4.78, 5) is 26.2. The molecule has 0 heterocycles. The van der Waals surface area contributed by atoms with Gasteiger partial charge < -0.3 is 18.9 Å². The van der Waals surface area contributed by atoms with Crippen molar-refractivity contribution in [1.29, 1.82) is 10.5 Å². The molecule has 0 saturated carbocycles. The summed E-state index contributed by atoms with van der Waals surface area (Å²) in [5.74, 6) is -1.25. The summed E-state index contributed by atoms with van der Waals surface area (Å²) in [6, 6.07) is 15.5. The lowest BCUT2D eigenvalue weighted by Gasteiger charge is -2.37. The van der Waals surface area contributed by atoms with Crippen molar-refractivity contribution in [3.05, 3.63) is 59.7 Å². The molecule has 2 aromatic rings. The summed E-state index contributed by atoms with van der Waals surface area (Å²) >= 11 is 0. The molecule has 2 unspecified atom stereocenters. The lowest BCUT2D eigenvalue weighted by Crippen LogP contribution is -2.58. The van der Waals surface area contributed by atoms with Crippen LogP contribution in [0, 0.1) is 22.7 Å². The van der Waals surface area contributed by atoms with Crippen LogP contribution in [0.2, 0.25) is 0 Å². The minimum absolute atomic E-state index is 0.0698. The molecule has 0 saturated heterocycles. The lowest BCUT2D eigenvalue weighted by atomic mass is 9.58. The first-order chi connectivity index (χ1) is 14.4. The topological polar surface area (TPSA) is 119 Å². The van der Waals surface area contributed by atoms with Crippen LogP contribution in [0.4, 0.5) is 0 Å². The summed E-state index contributed by atoms with van der Waals surface area (Å²) < 4.78 is 20.1. The van der Waals surface area contributed by atoms with E-state index >= 15 is 0 Å². The molecule has 0 aliphatic carbocycles. The minimum atomic E-state index is -2.37. The Kier molecular flexibility index (Phi) is 6.66. The molecule has 30 heavy (non-hydrogen) atoms. The highest BCUT2D eigenvalue weighted by atomic mass is 16.5. The van der Waals surface area contributed by atoms with Crippen molar-refractivity contribution in [2.24, 2.45) is 0 Å². The molecule has 2 rings (SSSR count). The quantitative estimate of drug-likeness (QED) is 0.640. The summed E-state index contributed by atoms with van der Waals surface area (Å²) in [5, 5.41) is 20.5. The van der Waals surface area contributed by atoms with E-state index in [2.05, 4.69) is 0 Å². The third kappa shape index (κ3) is 3.19. The fraction of sp³-hybridized carbons (Fsp3) is 0.273. The van der Waals surface area contributed by atoms with E-state index in [4.69, 9.17) is 18.9 Å². The van der Waals surface area contributed by atoms with Crippen LogP contribution in [-0.4, -0.2) is 40.4 Å². The number of hydrogen-bond donors (Lipinski definition) is 0. The predicted octanol–water partition coefficient (Wildman–Crippen LogP) is 2.27. The fourth-order valence-electron chi connectivity index (χ4n) is 3.35.